The quantitative estimate of drug-likeness (QED) is 0.647. The first-order chi connectivity index (χ1) is 13.0. The highest BCUT2D eigenvalue weighted by molar-refractivity contribution is 5.77. The molecule has 0 spiro atoms. The Balaban J connectivity index is 1.49. The third-order valence-corrected chi connectivity index (χ3v) is 5.26. The molecule has 9 heteroatoms. The zero-order valence-electron chi connectivity index (χ0n) is 16.0. The van der Waals surface area contributed by atoms with Gasteiger partial charge in [-0.15, -0.1) is 0 Å². The molecule has 2 N–H and O–H groups in total. The van der Waals surface area contributed by atoms with Gasteiger partial charge < -0.3 is 10.6 Å². The number of hydrogen-bond donors (Lipinski definition) is 2. The topological polar surface area (TPSA) is 103 Å². The van der Waals surface area contributed by atoms with Crippen molar-refractivity contribution in [3.63, 3.8) is 0 Å². The summed E-state index contributed by atoms with van der Waals surface area (Å²) in [5, 5.41) is 10.8. The molecule has 1 aliphatic carbocycles. The lowest BCUT2D eigenvalue weighted by Crippen LogP contribution is -2.36. The van der Waals surface area contributed by atoms with Crippen LogP contribution in [0, 0.1) is 5.92 Å². The van der Waals surface area contributed by atoms with Gasteiger partial charge in [-0.2, -0.15) is 5.10 Å². The second-order valence-electron chi connectivity index (χ2n) is 7.33. The van der Waals surface area contributed by atoms with E-state index in [0.29, 0.717) is 11.9 Å². The molecule has 0 bridgehead atoms. The summed E-state index contributed by atoms with van der Waals surface area (Å²) in [6, 6.07) is 0. The maximum Gasteiger partial charge on any atom is 0.332 e. The lowest BCUT2D eigenvalue weighted by atomic mass is 9.89. The van der Waals surface area contributed by atoms with E-state index >= 15 is 0 Å². The summed E-state index contributed by atoms with van der Waals surface area (Å²) >= 11 is 0. The van der Waals surface area contributed by atoms with Gasteiger partial charge in [-0.25, -0.2) is 4.79 Å². The first-order valence-electron chi connectivity index (χ1n) is 9.58. The highest BCUT2D eigenvalue weighted by Crippen LogP contribution is 2.22. The number of nitrogens with one attached hydrogen (secondary N) is 2. The second kappa shape index (κ2) is 8.51. The predicted octanol–water partition coefficient (Wildman–Crippen LogP) is -0.280. The van der Waals surface area contributed by atoms with Gasteiger partial charge in [0.05, 0.1) is 0 Å². The van der Waals surface area contributed by atoms with E-state index in [9.17, 15) is 14.4 Å². The molecular formula is C18H28N6O3. The Morgan fingerprint density at radius 3 is 2.63 bits per heavy atom. The third-order valence-electron chi connectivity index (χ3n) is 5.26. The van der Waals surface area contributed by atoms with E-state index in [1.165, 1.54) is 54.6 Å². The van der Waals surface area contributed by atoms with Crippen LogP contribution in [0.3, 0.4) is 0 Å². The van der Waals surface area contributed by atoms with Crippen LogP contribution in [0.15, 0.2) is 15.8 Å². The van der Waals surface area contributed by atoms with Crippen LogP contribution in [0.2, 0.25) is 0 Å². The lowest BCUT2D eigenvalue weighted by molar-refractivity contribution is -0.121. The summed E-state index contributed by atoms with van der Waals surface area (Å²) in [6.45, 7) is 2.30. The van der Waals surface area contributed by atoms with E-state index in [1.54, 1.807) is 7.05 Å². The molecule has 1 aliphatic rings. The van der Waals surface area contributed by atoms with E-state index in [1.807, 2.05) is 0 Å². The predicted molar refractivity (Wildman–Crippen MR) is 103 cm³/mol. The number of amides is 1. The molecule has 1 fully saturated rings. The Labute approximate surface area is 157 Å². The molecule has 3 rings (SSSR count). The van der Waals surface area contributed by atoms with Crippen LogP contribution in [-0.4, -0.2) is 44.5 Å². The van der Waals surface area contributed by atoms with Crippen molar-refractivity contribution in [2.45, 2.75) is 38.6 Å². The summed E-state index contributed by atoms with van der Waals surface area (Å²) in [4.78, 5) is 36.2. The number of rotatable bonds is 7. The Morgan fingerprint density at radius 2 is 1.89 bits per heavy atom. The van der Waals surface area contributed by atoms with Crippen molar-refractivity contribution in [2.75, 3.05) is 19.6 Å². The van der Waals surface area contributed by atoms with E-state index in [2.05, 4.69) is 15.7 Å². The largest absolute Gasteiger partial charge is 0.353 e. The zero-order chi connectivity index (χ0) is 19.4. The fraction of sp³-hybridized carbons (Fsp3) is 0.667. The lowest BCUT2D eigenvalue weighted by Gasteiger charge is -2.21. The maximum absolute atomic E-state index is 12.2. The van der Waals surface area contributed by atoms with Crippen LogP contribution < -0.4 is 21.9 Å². The Kier molecular flexibility index (Phi) is 6.10. The number of nitrogens with zero attached hydrogens (tertiary/aromatic N) is 4. The molecule has 0 saturated heterocycles. The molecule has 0 unspecified atom stereocenters. The highest BCUT2D eigenvalue weighted by Gasteiger charge is 2.14. The summed E-state index contributed by atoms with van der Waals surface area (Å²) in [6.07, 6.45) is 8.13. The van der Waals surface area contributed by atoms with Gasteiger partial charge in [0.2, 0.25) is 5.91 Å². The van der Waals surface area contributed by atoms with Crippen molar-refractivity contribution in [3.8, 4) is 0 Å². The average molecular weight is 376 g/mol. The molecular weight excluding hydrogens is 348 g/mol. The second-order valence-corrected chi connectivity index (χ2v) is 7.33. The summed E-state index contributed by atoms with van der Waals surface area (Å²) in [7, 11) is 2.98. The minimum atomic E-state index is -0.439. The molecule has 1 amide bonds. The first-order valence-corrected chi connectivity index (χ1v) is 9.58. The average Bonchev–Trinajstić information content (AvgIpc) is 3.09. The smallest absolute Gasteiger partial charge is 0.332 e. The monoisotopic (exact) mass is 376 g/mol. The van der Waals surface area contributed by atoms with Gasteiger partial charge in [-0.05, 0) is 25.3 Å². The molecule has 2 heterocycles. The molecule has 2 aromatic rings. The Hall–Kier alpha value is -2.42. The normalized spacial score (nSPS) is 15.3. The van der Waals surface area contributed by atoms with Crippen molar-refractivity contribution in [3.05, 3.63) is 27.0 Å². The van der Waals surface area contributed by atoms with E-state index in [0.717, 1.165) is 23.6 Å². The van der Waals surface area contributed by atoms with Gasteiger partial charge in [-0.3, -0.25) is 23.4 Å². The van der Waals surface area contributed by atoms with Crippen molar-refractivity contribution in [1.29, 1.82) is 0 Å². The molecule has 0 aromatic carbocycles. The number of carbonyl (C=O) groups excluding carboxylic acids is 1. The van der Waals surface area contributed by atoms with Crippen molar-refractivity contribution in [2.24, 2.45) is 20.0 Å². The first kappa shape index (κ1) is 19.3. The molecule has 2 aromatic heterocycles. The number of carbonyl (C=O) groups is 1. The Morgan fingerprint density at radius 1 is 1.15 bits per heavy atom. The van der Waals surface area contributed by atoms with Gasteiger partial charge in [-0.1, -0.05) is 19.3 Å². The maximum atomic E-state index is 12.2. The fourth-order valence-corrected chi connectivity index (χ4v) is 3.66. The van der Waals surface area contributed by atoms with Crippen LogP contribution in [0.4, 0.5) is 0 Å². The molecule has 0 aliphatic heterocycles. The minimum absolute atomic E-state index is 0.00858. The van der Waals surface area contributed by atoms with Crippen molar-refractivity contribution in [1.82, 2.24) is 29.5 Å². The molecule has 148 valence electrons. The zero-order valence-corrected chi connectivity index (χ0v) is 16.0. The highest BCUT2D eigenvalue weighted by atomic mass is 16.2. The molecule has 9 nitrogen and oxygen atoms in total. The van der Waals surface area contributed by atoms with Crippen LogP contribution >= 0.6 is 0 Å². The molecule has 0 radical (unpaired) electrons. The van der Waals surface area contributed by atoms with E-state index in [-0.39, 0.29) is 18.1 Å². The number of aryl methyl sites for hydroxylation is 1. The van der Waals surface area contributed by atoms with E-state index < -0.39 is 11.2 Å². The standard InChI is InChI=1S/C18H28N6O3/c1-22-16-14(17(26)23(2)18(22)27)11-24(21-16)12-15(25)20-9-8-19-10-13-6-4-3-5-7-13/h11,13,19H,3-10,12H2,1-2H3,(H,20,25). The summed E-state index contributed by atoms with van der Waals surface area (Å²) in [5.41, 5.74) is -0.567. The molecule has 0 atom stereocenters. The van der Waals surface area contributed by atoms with Crippen molar-refractivity contribution < 1.29 is 4.79 Å². The van der Waals surface area contributed by atoms with Gasteiger partial charge in [0.1, 0.15) is 11.9 Å². The van der Waals surface area contributed by atoms with Gasteiger partial charge in [0, 0.05) is 33.4 Å². The van der Waals surface area contributed by atoms with Crippen LogP contribution in [0.1, 0.15) is 32.1 Å². The van der Waals surface area contributed by atoms with Crippen LogP contribution in [0.5, 0.6) is 0 Å². The van der Waals surface area contributed by atoms with Crippen LogP contribution in [0.25, 0.3) is 11.0 Å². The fourth-order valence-electron chi connectivity index (χ4n) is 3.66. The molecule has 1 saturated carbocycles. The summed E-state index contributed by atoms with van der Waals surface area (Å²) in [5.74, 6) is 0.587. The number of hydrogen-bond acceptors (Lipinski definition) is 5. The number of fused-ring (bicyclic) bond motifs is 1. The minimum Gasteiger partial charge on any atom is -0.353 e. The SMILES string of the molecule is Cn1c(=O)c2cn(CC(=O)NCCNCC3CCCCC3)nc2n(C)c1=O. The van der Waals surface area contributed by atoms with Gasteiger partial charge in [0.25, 0.3) is 5.56 Å². The van der Waals surface area contributed by atoms with Gasteiger partial charge in [0.15, 0.2) is 5.65 Å². The molecule has 27 heavy (non-hydrogen) atoms. The van der Waals surface area contributed by atoms with Crippen LogP contribution in [-0.2, 0) is 25.4 Å². The Bertz CT molecular complexity index is 920. The number of aromatic nitrogens is 4. The summed E-state index contributed by atoms with van der Waals surface area (Å²) < 4.78 is 3.74. The third kappa shape index (κ3) is 4.47. The van der Waals surface area contributed by atoms with Crippen molar-refractivity contribution >= 4 is 16.9 Å². The van der Waals surface area contributed by atoms with E-state index in [4.69, 9.17) is 0 Å². The van der Waals surface area contributed by atoms with Gasteiger partial charge >= 0.3 is 5.69 Å².